The lowest BCUT2D eigenvalue weighted by molar-refractivity contribution is -0.139. The molecule has 1 fully saturated rings. The van der Waals surface area contributed by atoms with Gasteiger partial charge in [-0.2, -0.15) is 11.3 Å². The van der Waals surface area contributed by atoms with Gasteiger partial charge in [0.05, 0.1) is 11.1 Å². The fourth-order valence-corrected chi connectivity index (χ4v) is 4.96. The third-order valence-corrected chi connectivity index (χ3v) is 6.55. The summed E-state index contributed by atoms with van der Waals surface area (Å²) in [5.41, 5.74) is 3.65. The molecule has 0 N–H and O–H groups in total. The second kappa shape index (κ2) is 8.63. The molecule has 162 valence electrons. The van der Waals surface area contributed by atoms with E-state index in [-0.39, 0.29) is 18.4 Å². The largest absolute Gasteiger partial charge is 0.348 e. The Balaban J connectivity index is 1.51. The average molecular weight is 438 g/mol. The maximum absolute atomic E-state index is 13.2. The number of aryl methyl sites for hydroxylation is 1. The standard InChI is InChI=1S/C23H27N5O2S/c1-17-13-28(25-24-17)14-21(29)27-10-9-23(16-27,22(30)26(2)3)12-18-4-6-19(7-5-18)20-8-11-31-15-20/h4-8,11,13,15H,9-10,12,14,16H2,1-3H3/t23-/m0/s1. The van der Waals surface area contributed by atoms with Gasteiger partial charge in [0.1, 0.15) is 6.54 Å². The van der Waals surface area contributed by atoms with E-state index in [1.54, 1.807) is 46.1 Å². The minimum atomic E-state index is -0.610. The molecule has 0 radical (unpaired) electrons. The Bertz CT molecular complexity index is 1060. The molecule has 1 aliphatic rings. The summed E-state index contributed by atoms with van der Waals surface area (Å²) in [5.74, 6) is 0.0347. The maximum Gasteiger partial charge on any atom is 0.244 e. The van der Waals surface area contributed by atoms with Crippen LogP contribution in [-0.4, -0.2) is 63.8 Å². The van der Waals surface area contributed by atoms with Gasteiger partial charge in [0, 0.05) is 33.4 Å². The second-order valence-corrected chi connectivity index (χ2v) is 9.27. The van der Waals surface area contributed by atoms with Gasteiger partial charge in [-0.25, -0.2) is 4.68 Å². The molecule has 3 heterocycles. The molecule has 0 saturated carbocycles. The fourth-order valence-electron chi connectivity index (χ4n) is 4.30. The number of aromatic nitrogens is 3. The van der Waals surface area contributed by atoms with E-state index in [0.717, 1.165) is 11.3 Å². The quantitative estimate of drug-likeness (QED) is 0.595. The first-order valence-electron chi connectivity index (χ1n) is 10.3. The molecular formula is C23H27N5O2S. The molecule has 1 aromatic carbocycles. The summed E-state index contributed by atoms with van der Waals surface area (Å²) in [7, 11) is 3.57. The Morgan fingerprint density at radius 3 is 2.55 bits per heavy atom. The second-order valence-electron chi connectivity index (χ2n) is 8.49. The van der Waals surface area contributed by atoms with E-state index in [1.165, 1.54) is 11.1 Å². The molecule has 0 unspecified atom stereocenters. The van der Waals surface area contributed by atoms with Crippen molar-refractivity contribution in [2.24, 2.45) is 5.41 Å². The third-order valence-electron chi connectivity index (χ3n) is 5.87. The fraction of sp³-hybridized carbons (Fsp3) is 0.391. The van der Waals surface area contributed by atoms with Crippen LogP contribution in [0.25, 0.3) is 11.1 Å². The van der Waals surface area contributed by atoms with E-state index in [1.807, 2.05) is 6.92 Å². The predicted molar refractivity (Wildman–Crippen MR) is 121 cm³/mol. The molecule has 7 nitrogen and oxygen atoms in total. The van der Waals surface area contributed by atoms with Gasteiger partial charge in [0.25, 0.3) is 0 Å². The highest BCUT2D eigenvalue weighted by molar-refractivity contribution is 7.08. The van der Waals surface area contributed by atoms with Gasteiger partial charge in [-0.1, -0.05) is 29.5 Å². The lowest BCUT2D eigenvalue weighted by Gasteiger charge is -2.31. The molecular weight excluding hydrogens is 410 g/mol. The zero-order valence-electron chi connectivity index (χ0n) is 18.1. The Hall–Kier alpha value is -3.00. The summed E-state index contributed by atoms with van der Waals surface area (Å²) in [6.45, 7) is 2.97. The zero-order chi connectivity index (χ0) is 22.0. The lowest BCUT2D eigenvalue weighted by atomic mass is 9.79. The van der Waals surface area contributed by atoms with E-state index < -0.39 is 5.41 Å². The molecule has 1 atom stereocenters. The van der Waals surface area contributed by atoms with Crippen molar-refractivity contribution in [3.05, 3.63) is 58.5 Å². The van der Waals surface area contributed by atoms with Crippen LogP contribution in [0.5, 0.6) is 0 Å². The molecule has 8 heteroatoms. The van der Waals surface area contributed by atoms with Crippen LogP contribution < -0.4 is 0 Å². The van der Waals surface area contributed by atoms with Crippen molar-refractivity contribution in [2.75, 3.05) is 27.2 Å². The first-order chi connectivity index (χ1) is 14.9. The minimum absolute atomic E-state index is 0.0360. The average Bonchev–Trinajstić information content (AvgIpc) is 3.50. The van der Waals surface area contributed by atoms with Gasteiger partial charge in [-0.3, -0.25) is 9.59 Å². The highest BCUT2D eigenvalue weighted by Crippen LogP contribution is 2.36. The Morgan fingerprint density at radius 1 is 1.16 bits per heavy atom. The topological polar surface area (TPSA) is 71.3 Å². The number of carbonyl (C=O) groups excluding carboxylic acids is 2. The van der Waals surface area contributed by atoms with Gasteiger partial charge in [0.15, 0.2) is 0 Å². The molecule has 0 spiro atoms. The Kier molecular flexibility index (Phi) is 5.91. The summed E-state index contributed by atoms with van der Waals surface area (Å²) < 4.78 is 1.55. The normalized spacial score (nSPS) is 18.4. The van der Waals surface area contributed by atoms with Crippen molar-refractivity contribution in [1.29, 1.82) is 0 Å². The lowest BCUT2D eigenvalue weighted by Crippen LogP contribution is -2.45. The highest BCUT2D eigenvalue weighted by atomic mass is 32.1. The number of hydrogen-bond acceptors (Lipinski definition) is 5. The molecule has 3 aromatic rings. The van der Waals surface area contributed by atoms with Crippen LogP contribution in [-0.2, 0) is 22.6 Å². The van der Waals surface area contributed by atoms with Crippen LogP contribution in [0.1, 0.15) is 17.7 Å². The van der Waals surface area contributed by atoms with E-state index in [9.17, 15) is 9.59 Å². The maximum atomic E-state index is 13.2. The zero-order valence-corrected chi connectivity index (χ0v) is 18.9. The summed E-state index contributed by atoms with van der Waals surface area (Å²) in [4.78, 5) is 29.5. The van der Waals surface area contributed by atoms with Crippen molar-refractivity contribution < 1.29 is 9.59 Å². The molecule has 4 rings (SSSR count). The number of rotatable bonds is 6. The van der Waals surface area contributed by atoms with Crippen LogP contribution in [0.2, 0.25) is 0 Å². The van der Waals surface area contributed by atoms with E-state index >= 15 is 0 Å². The highest BCUT2D eigenvalue weighted by Gasteiger charge is 2.46. The Morgan fingerprint density at radius 2 is 1.94 bits per heavy atom. The predicted octanol–water partition coefficient (Wildman–Crippen LogP) is 2.86. The molecule has 0 bridgehead atoms. The van der Waals surface area contributed by atoms with E-state index in [4.69, 9.17) is 0 Å². The van der Waals surface area contributed by atoms with Gasteiger partial charge in [0.2, 0.25) is 11.8 Å². The molecule has 1 aliphatic heterocycles. The number of amides is 2. The Labute approximate surface area is 186 Å². The van der Waals surface area contributed by atoms with Crippen molar-refractivity contribution >= 4 is 23.2 Å². The number of nitrogens with zero attached hydrogens (tertiary/aromatic N) is 5. The number of thiophene rings is 1. The monoisotopic (exact) mass is 437 g/mol. The van der Waals surface area contributed by atoms with Crippen LogP contribution >= 0.6 is 11.3 Å². The number of carbonyl (C=O) groups is 2. The third kappa shape index (κ3) is 4.54. The summed E-state index contributed by atoms with van der Waals surface area (Å²) in [6, 6.07) is 10.5. The van der Waals surface area contributed by atoms with Gasteiger partial charge >= 0.3 is 0 Å². The summed E-state index contributed by atoms with van der Waals surface area (Å²) in [6.07, 6.45) is 3.01. The number of hydrogen-bond donors (Lipinski definition) is 0. The van der Waals surface area contributed by atoms with Crippen LogP contribution in [0.4, 0.5) is 0 Å². The summed E-state index contributed by atoms with van der Waals surface area (Å²) >= 11 is 1.68. The summed E-state index contributed by atoms with van der Waals surface area (Å²) in [5, 5.41) is 12.1. The van der Waals surface area contributed by atoms with Gasteiger partial charge < -0.3 is 9.80 Å². The molecule has 2 amide bonds. The molecule has 1 saturated heterocycles. The van der Waals surface area contributed by atoms with Crippen molar-refractivity contribution in [3.8, 4) is 11.1 Å². The minimum Gasteiger partial charge on any atom is -0.348 e. The van der Waals surface area contributed by atoms with Crippen molar-refractivity contribution in [3.63, 3.8) is 0 Å². The molecule has 2 aromatic heterocycles. The van der Waals surface area contributed by atoms with Crippen LogP contribution in [0.3, 0.4) is 0 Å². The van der Waals surface area contributed by atoms with Crippen molar-refractivity contribution in [1.82, 2.24) is 24.8 Å². The van der Waals surface area contributed by atoms with Gasteiger partial charge in [-0.05, 0) is 53.3 Å². The van der Waals surface area contributed by atoms with Crippen LogP contribution in [0.15, 0.2) is 47.3 Å². The van der Waals surface area contributed by atoms with Gasteiger partial charge in [-0.15, -0.1) is 5.10 Å². The first-order valence-corrected chi connectivity index (χ1v) is 11.3. The smallest absolute Gasteiger partial charge is 0.244 e. The molecule has 0 aliphatic carbocycles. The van der Waals surface area contributed by atoms with Crippen molar-refractivity contribution in [2.45, 2.75) is 26.3 Å². The number of likely N-dealkylation sites (tertiary alicyclic amines) is 1. The SMILES string of the molecule is Cc1cn(CC(=O)N2CC[C@@](Cc3ccc(-c4ccsc4)cc3)(C(=O)N(C)C)C2)nn1. The number of benzene rings is 1. The first kappa shape index (κ1) is 21.2. The van der Waals surface area contributed by atoms with Crippen LogP contribution in [0, 0.1) is 12.3 Å². The van der Waals surface area contributed by atoms with E-state index in [0.29, 0.717) is 25.9 Å². The molecule has 31 heavy (non-hydrogen) atoms. The van der Waals surface area contributed by atoms with E-state index in [2.05, 4.69) is 51.4 Å².